The number of amides is 4. The monoisotopic (exact) mass is 720 g/mol. The molecule has 6 rings (SSSR count). The molecule has 2 aromatic rings. The summed E-state index contributed by atoms with van der Waals surface area (Å²) in [5.74, 6) is -7.70. The smallest absolute Gasteiger partial charge is 0.303 e. The van der Waals surface area contributed by atoms with Crippen LogP contribution in [0.4, 0.5) is 10.1 Å². The van der Waals surface area contributed by atoms with E-state index in [2.05, 4.69) is 15.9 Å². The first kappa shape index (κ1) is 31.7. The molecule has 0 aromatic heterocycles. The van der Waals surface area contributed by atoms with Crippen LogP contribution in [0.5, 0.6) is 5.75 Å². The minimum absolute atomic E-state index is 0.00794. The average molecular weight is 722 g/mol. The predicted octanol–water partition coefficient (Wildman–Crippen LogP) is 5.50. The number of hydrogen-bond acceptors (Lipinski definition) is 6. The third-order valence-electron chi connectivity index (χ3n) is 9.56. The van der Waals surface area contributed by atoms with Crippen molar-refractivity contribution in [2.24, 2.45) is 17.8 Å². The number of aliphatic carboxylic acids is 1. The van der Waals surface area contributed by atoms with Gasteiger partial charge in [0.1, 0.15) is 11.6 Å². The van der Waals surface area contributed by atoms with Gasteiger partial charge in [0, 0.05) is 28.9 Å². The summed E-state index contributed by atoms with van der Waals surface area (Å²) in [5.41, 5.74) is 0.810. The van der Waals surface area contributed by atoms with Crippen molar-refractivity contribution in [1.82, 2.24) is 4.90 Å². The van der Waals surface area contributed by atoms with Crippen LogP contribution in [0.1, 0.15) is 50.0 Å². The predicted molar refractivity (Wildman–Crippen MR) is 165 cm³/mol. The summed E-state index contributed by atoms with van der Waals surface area (Å²) in [6.07, 6.45) is 3.08. The second kappa shape index (κ2) is 11.5. The molecule has 2 aromatic carbocycles. The number of alkyl halides is 2. The van der Waals surface area contributed by atoms with E-state index in [1.807, 2.05) is 0 Å². The lowest BCUT2D eigenvalue weighted by Crippen LogP contribution is -2.60. The van der Waals surface area contributed by atoms with Gasteiger partial charge in [0.25, 0.3) is 11.8 Å². The third-order valence-corrected chi connectivity index (χ3v) is 11.5. The third kappa shape index (κ3) is 4.80. The summed E-state index contributed by atoms with van der Waals surface area (Å²) < 4.78 is 14.3. The van der Waals surface area contributed by atoms with Gasteiger partial charge in [-0.25, -0.2) is 9.29 Å². The molecule has 2 N–H and O–H groups in total. The van der Waals surface area contributed by atoms with Gasteiger partial charge in [0.2, 0.25) is 11.8 Å². The summed E-state index contributed by atoms with van der Waals surface area (Å²) in [6.45, 7) is 0.128. The molecule has 2 heterocycles. The topological polar surface area (TPSA) is 132 Å². The summed E-state index contributed by atoms with van der Waals surface area (Å²) >= 11 is 18.0. The molecule has 236 valence electrons. The number of carboxylic acid groups (broad SMARTS) is 1. The number of benzene rings is 2. The number of allylic oxidation sites excluding steroid dienone is 2. The highest BCUT2D eigenvalue weighted by Gasteiger charge is 2.76. The second-order valence-electron chi connectivity index (χ2n) is 12.0. The summed E-state index contributed by atoms with van der Waals surface area (Å²) in [4.78, 5) is 64.6. The zero-order valence-electron chi connectivity index (χ0n) is 23.7. The Labute approximate surface area is 276 Å². The van der Waals surface area contributed by atoms with Crippen molar-refractivity contribution in [3.05, 3.63) is 70.0 Å². The van der Waals surface area contributed by atoms with Crippen LogP contribution in [-0.2, 0) is 24.0 Å². The van der Waals surface area contributed by atoms with E-state index in [9.17, 15) is 33.5 Å². The van der Waals surface area contributed by atoms with E-state index in [0.29, 0.717) is 29.3 Å². The molecule has 2 saturated heterocycles. The number of halogens is 4. The van der Waals surface area contributed by atoms with E-state index in [1.54, 1.807) is 18.2 Å². The number of phenols is 1. The Balaban J connectivity index is 1.43. The van der Waals surface area contributed by atoms with Crippen molar-refractivity contribution < 1.29 is 38.6 Å². The maximum Gasteiger partial charge on any atom is 0.303 e. The van der Waals surface area contributed by atoms with Crippen LogP contribution in [0.2, 0.25) is 0 Å². The maximum absolute atomic E-state index is 14.3. The Bertz CT molecular complexity index is 1670. The van der Waals surface area contributed by atoms with Gasteiger partial charge >= 0.3 is 5.97 Å². The van der Waals surface area contributed by atoms with Gasteiger partial charge < -0.3 is 10.2 Å². The number of aromatic hydroxyl groups is 1. The zero-order chi connectivity index (χ0) is 32.4. The molecule has 4 aliphatic rings. The van der Waals surface area contributed by atoms with Crippen molar-refractivity contribution >= 4 is 74.4 Å². The molecule has 0 spiro atoms. The average Bonchev–Trinajstić information content (AvgIpc) is 3.32. The maximum atomic E-state index is 14.3. The van der Waals surface area contributed by atoms with Crippen molar-refractivity contribution in [3.63, 3.8) is 0 Å². The van der Waals surface area contributed by atoms with Crippen LogP contribution in [-0.4, -0.2) is 61.0 Å². The van der Waals surface area contributed by atoms with Crippen LogP contribution < -0.4 is 4.90 Å². The molecule has 6 atom stereocenters. The number of fused-ring (bicyclic) bond motifs is 4. The number of hydrogen-bond donors (Lipinski definition) is 2. The summed E-state index contributed by atoms with van der Waals surface area (Å²) in [7, 11) is 0. The van der Waals surface area contributed by atoms with E-state index < -0.39 is 62.9 Å². The molecular weight excluding hydrogens is 694 g/mol. The number of likely N-dealkylation sites (tertiary alicyclic amines) is 1. The fourth-order valence-electron chi connectivity index (χ4n) is 7.51. The highest BCUT2D eigenvalue weighted by Crippen LogP contribution is 2.66. The number of carbonyl (C=O) groups excluding carboxylic acids is 4. The van der Waals surface area contributed by atoms with Gasteiger partial charge in [0.05, 0.1) is 17.5 Å². The van der Waals surface area contributed by atoms with E-state index in [1.165, 1.54) is 23.1 Å². The van der Waals surface area contributed by atoms with Crippen LogP contribution in [0.15, 0.2) is 58.6 Å². The second-order valence-corrected chi connectivity index (χ2v) is 14.1. The summed E-state index contributed by atoms with van der Waals surface area (Å²) in [5, 5.41) is 20.0. The minimum atomic E-state index is -2.15. The quantitative estimate of drug-likeness (QED) is 0.159. The Morgan fingerprint density at radius 1 is 0.978 bits per heavy atom. The van der Waals surface area contributed by atoms with Crippen LogP contribution in [0.3, 0.4) is 0 Å². The van der Waals surface area contributed by atoms with Crippen molar-refractivity contribution in [1.29, 1.82) is 0 Å². The number of phenolic OH excluding ortho intramolecular Hbond substituents is 1. The fourth-order valence-corrected chi connectivity index (χ4v) is 8.81. The standard InChI is InChI=1S/C32H28BrCl2FN2O7/c33-16-5-12-23(39)21(14-16)26-19-10-11-20-25(28(43)37(27(20)42)13-3-1-2-4-24(40)41)22(19)15-31(34)29(44)38(30(45)32(26,31)35)18-8-6-17(36)7-9-18/h5-10,12,14,20,22,25-26,39H,1-4,11,13,15H2,(H,40,41). The van der Waals surface area contributed by atoms with Gasteiger partial charge in [-0.2, -0.15) is 0 Å². The fraction of sp³-hybridized carbons (Fsp3) is 0.406. The number of imide groups is 2. The number of nitrogens with zero attached hydrogens (tertiary/aromatic N) is 2. The molecule has 9 nitrogen and oxygen atoms in total. The lowest BCUT2D eigenvalue weighted by molar-refractivity contribution is -0.141. The Morgan fingerprint density at radius 3 is 2.38 bits per heavy atom. The van der Waals surface area contributed by atoms with E-state index in [0.717, 1.165) is 17.0 Å². The normalized spacial score (nSPS) is 30.7. The minimum Gasteiger partial charge on any atom is -0.508 e. The molecule has 0 bridgehead atoms. The van der Waals surface area contributed by atoms with E-state index >= 15 is 0 Å². The Morgan fingerprint density at radius 2 is 1.69 bits per heavy atom. The van der Waals surface area contributed by atoms with Crippen molar-refractivity contribution in [3.8, 4) is 5.75 Å². The number of unbranched alkanes of at least 4 members (excludes halogenated alkanes) is 2. The lowest BCUT2D eigenvalue weighted by atomic mass is 9.56. The number of anilines is 1. The number of carbonyl (C=O) groups is 5. The molecule has 2 aliphatic carbocycles. The highest BCUT2D eigenvalue weighted by atomic mass is 79.9. The highest BCUT2D eigenvalue weighted by molar-refractivity contribution is 9.10. The van der Waals surface area contributed by atoms with Gasteiger partial charge in [-0.3, -0.25) is 28.9 Å². The van der Waals surface area contributed by atoms with Crippen LogP contribution in [0.25, 0.3) is 0 Å². The largest absolute Gasteiger partial charge is 0.508 e. The molecule has 4 amide bonds. The molecular formula is C32H28BrCl2FN2O7. The first-order valence-corrected chi connectivity index (χ1v) is 16.1. The van der Waals surface area contributed by atoms with E-state index in [4.69, 9.17) is 28.3 Å². The Kier molecular flexibility index (Phi) is 8.10. The van der Waals surface area contributed by atoms with Gasteiger partial charge in [-0.05, 0) is 74.1 Å². The lowest BCUT2D eigenvalue weighted by Gasteiger charge is -2.50. The van der Waals surface area contributed by atoms with Gasteiger partial charge in [0.15, 0.2) is 9.75 Å². The summed E-state index contributed by atoms with van der Waals surface area (Å²) in [6, 6.07) is 9.33. The molecule has 3 fully saturated rings. The van der Waals surface area contributed by atoms with Crippen molar-refractivity contribution in [2.75, 3.05) is 11.4 Å². The van der Waals surface area contributed by atoms with Crippen molar-refractivity contribution in [2.45, 2.75) is 54.2 Å². The van der Waals surface area contributed by atoms with Gasteiger partial charge in [-0.15, -0.1) is 23.2 Å². The molecule has 45 heavy (non-hydrogen) atoms. The number of rotatable bonds is 8. The van der Waals surface area contributed by atoms with Crippen LogP contribution >= 0.6 is 39.1 Å². The van der Waals surface area contributed by atoms with Crippen LogP contribution in [0, 0.1) is 23.6 Å². The first-order chi connectivity index (χ1) is 21.3. The molecule has 13 heteroatoms. The molecule has 2 aliphatic heterocycles. The molecule has 0 radical (unpaired) electrons. The van der Waals surface area contributed by atoms with E-state index in [-0.39, 0.29) is 48.7 Å². The SMILES string of the molecule is O=C(O)CCCCCN1C(=O)C2CC=C3C(CC4(Cl)C(=O)N(c5ccc(F)cc5)C(=O)C4(Cl)C3c3cc(Br)ccc3O)C2C1=O. The number of carboxylic acids is 1. The zero-order valence-corrected chi connectivity index (χ0v) is 26.8. The molecule has 6 unspecified atom stereocenters. The van der Waals surface area contributed by atoms with Gasteiger partial charge in [-0.1, -0.05) is 34.0 Å². The Hall–Kier alpha value is -3.28. The first-order valence-electron chi connectivity index (χ1n) is 14.6. The molecule has 1 saturated carbocycles.